The molecule has 0 saturated heterocycles. The Morgan fingerprint density at radius 1 is 1.00 bits per heavy atom. The highest BCUT2D eigenvalue weighted by atomic mass is 16.5. The van der Waals surface area contributed by atoms with Crippen LogP contribution in [0.4, 0.5) is 0 Å². The summed E-state index contributed by atoms with van der Waals surface area (Å²) in [5, 5.41) is 0. The molecule has 15 heavy (non-hydrogen) atoms. The van der Waals surface area contributed by atoms with Gasteiger partial charge in [0.25, 0.3) is 0 Å². The van der Waals surface area contributed by atoms with E-state index in [9.17, 15) is 0 Å². The molecule has 0 saturated carbocycles. The summed E-state index contributed by atoms with van der Waals surface area (Å²) in [7, 11) is 0. The maximum atomic E-state index is 5.26. The minimum atomic E-state index is 0.759. The van der Waals surface area contributed by atoms with Gasteiger partial charge in [0.05, 0.1) is 19.6 Å². The number of ether oxygens (including phenoxy) is 1. The highest BCUT2D eigenvalue weighted by Gasteiger charge is 2.22. The van der Waals surface area contributed by atoms with Gasteiger partial charge >= 0.3 is 0 Å². The zero-order valence-electron chi connectivity index (χ0n) is 10.8. The maximum Gasteiger partial charge on any atom is 0.149 e. The number of nitrogens with zero attached hydrogens (tertiary/aromatic N) is 1. The predicted octanol–water partition coefficient (Wildman–Crippen LogP) is 2.64. The largest absolute Gasteiger partial charge is 0.441 e. The summed E-state index contributed by atoms with van der Waals surface area (Å²) in [6, 6.07) is 0. The Morgan fingerprint density at radius 3 is 2.00 bits per heavy atom. The van der Waals surface area contributed by atoms with E-state index >= 15 is 0 Å². The molecule has 0 aliphatic heterocycles. The second kappa shape index (κ2) is 8.61. The van der Waals surface area contributed by atoms with E-state index in [1.165, 1.54) is 37.0 Å². The first-order valence-corrected chi connectivity index (χ1v) is 6.13. The van der Waals surface area contributed by atoms with Crippen LogP contribution in [-0.2, 0) is 4.74 Å². The summed E-state index contributed by atoms with van der Waals surface area (Å²) in [5.41, 5.74) is 0. The Morgan fingerprint density at radius 2 is 1.60 bits per heavy atom. The number of hydrogen-bond donors (Lipinski definition) is 0. The van der Waals surface area contributed by atoms with E-state index < -0.39 is 0 Å². The van der Waals surface area contributed by atoms with Crippen molar-refractivity contribution in [1.29, 1.82) is 0 Å². The van der Waals surface area contributed by atoms with E-state index in [0.29, 0.717) is 0 Å². The van der Waals surface area contributed by atoms with Gasteiger partial charge in [0.1, 0.15) is 19.3 Å². The van der Waals surface area contributed by atoms with Crippen LogP contribution < -0.4 is 0 Å². The van der Waals surface area contributed by atoms with Gasteiger partial charge in [-0.25, -0.2) is 0 Å². The van der Waals surface area contributed by atoms with Crippen molar-refractivity contribution in [2.45, 2.75) is 40.5 Å². The lowest BCUT2D eigenvalue weighted by Gasteiger charge is -2.37. The van der Waals surface area contributed by atoms with E-state index in [2.05, 4.69) is 32.8 Å². The Balaban J connectivity index is 4.11. The van der Waals surface area contributed by atoms with Crippen LogP contribution in [0.1, 0.15) is 40.5 Å². The van der Waals surface area contributed by atoms with Crippen LogP contribution in [0.15, 0.2) is 0 Å². The molecule has 0 rings (SSSR count). The minimum Gasteiger partial charge on any atom is -0.441 e. The summed E-state index contributed by atoms with van der Waals surface area (Å²) in [5.74, 6) is 2.76. The summed E-state index contributed by atoms with van der Waals surface area (Å²) in [6.45, 7) is 14.2. The minimum absolute atomic E-state index is 0.759. The zero-order valence-corrected chi connectivity index (χ0v) is 10.8. The first-order chi connectivity index (χ1) is 7.24. The summed E-state index contributed by atoms with van der Waals surface area (Å²) < 4.78 is 6.44. The van der Waals surface area contributed by atoms with Crippen molar-refractivity contribution >= 4 is 0 Å². The summed E-state index contributed by atoms with van der Waals surface area (Å²) >= 11 is 0. The number of hydrogen-bond acceptors (Lipinski definition) is 1. The van der Waals surface area contributed by atoms with Crippen LogP contribution >= 0.6 is 0 Å². The van der Waals surface area contributed by atoms with Gasteiger partial charge in [-0.05, 0) is 19.8 Å². The fourth-order valence-corrected chi connectivity index (χ4v) is 2.12. The van der Waals surface area contributed by atoms with Crippen LogP contribution in [0.25, 0.3) is 0 Å². The van der Waals surface area contributed by atoms with Crippen molar-refractivity contribution in [3.05, 3.63) is 0 Å². The molecule has 0 aromatic rings. The van der Waals surface area contributed by atoms with Crippen LogP contribution in [0.3, 0.4) is 0 Å². The fraction of sp³-hybridized carbons (Fsp3) is 0.846. The zero-order chi connectivity index (χ0) is 11.6. The van der Waals surface area contributed by atoms with Crippen molar-refractivity contribution in [2.24, 2.45) is 0 Å². The van der Waals surface area contributed by atoms with Crippen molar-refractivity contribution < 1.29 is 9.22 Å². The molecule has 0 aliphatic carbocycles. The molecule has 0 unspecified atom stereocenters. The van der Waals surface area contributed by atoms with E-state index in [1.807, 2.05) is 0 Å². The van der Waals surface area contributed by atoms with Gasteiger partial charge in [0.2, 0.25) is 0 Å². The SMILES string of the molecule is CC#COCC[N+](CC)(CCC)CCC. The van der Waals surface area contributed by atoms with E-state index in [-0.39, 0.29) is 0 Å². The van der Waals surface area contributed by atoms with Crippen molar-refractivity contribution in [1.82, 2.24) is 0 Å². The quantitative estimate of drug-likeness (QED) is 0.341. The fourth-order valence-electron chi connectivity index (χ4n) is 2.12. The monoisotopic (exact) mass is 212 g/mol. The second-order valence-electron chi connectivity index (χ2n) is 4.03. The van der Waals surface area contributed by atoms with E-state index in [4.69, 9.17) is 4.74 Å². The lowest BCUT2D eigenvalue weighted by Crippen LogP contribution is -2.50. The molecule has 0 aromatic heterocycles. The van der Waals surface area contributed by atoms with Gasteiger partial charge in [-0.15, -0.1) is 0 Å². The molecule has 2 heteroatoms. The van der Waals surface area contributed by atoms with Crippen molar-refractivity contribution in [3.63, 3.8) is 0 Å². The molecule has 0 aliphatic rings. The van der Waals surface area contributed by atoms with Crippen molar-refractivity contribution in [2.75, 3.05) is 32.8 Å². The highest BCUT2D eigenvalue weighted by molar-refractivity contribution is 4.84. The maximum absolute atomic E-state index is 5.26. The second-order valence-corrected chi connectivity index (χ2v) is 4.03. The molecular formula is C13H26NO+. The Labute approximate surface area is 95.2 Å². The average molecular weight is 212 g/mol. The summed E-state index contributed by atoms with van der Waals surface area (Å²) in [4.78, 5) is 0. The Bertz CT molecular complexity index is 196. The average Bonchev–Trinajstić information content (AvgIpc) is 2.25. The molecular weight excluding hydrogens is 186 g/mol. The molecule has 0 aromatic carbocycles. The number of quaternary nitrogens is 1. The molecule has 0 fully saturated rings. The van der Waals surface area contributed by atoms with Crippen LogP contribution in [0, 0.1) is 12.0 Å². The third kappa shape index (κ3) is 5.69. The van der Waals surface area contributed by atoms with E-state index in [1.54, 1.807) is 6.92 Å². The highest BCUT2D eigenvalue weighted by Crippen LogP contribution is 2.09. The Hall–Kier alpha value is -0.680. The molecule has 0 N–H and O–H groups in total. The van der Waals surface area contributed by atoms with Gasteiger partial charge < -0.3 is 9.22 Å². The third-order valence-corrected chi connectivity index (χ3v) is 2.91. The molecule has 2 nitrogen and oxygen atoms in total. The Kier molecular flexibility index (Phi) is 8.22. The topological polar surface area (TPSA) is 9.23 Å². The first-order valence-electron chi connectivity index (χ1n) is 6.13. The first kappa shape index (κ1) is 14.3. The lowest BCUT2D eigenvalue weighted by atomic mass is 10.2. The van der Waals surface area contributed by atoms with Gasteiger partial charge in [-0.3, -0.25) is 0 Å². The normalized spacial score (nSPS) is 10.7. The molecule has 0 amide bonds. The van der Waals surface area contributed by atoms with E-state index in [0.717, 1.165) is 13.2 Å². The molecule has 88 valence electrons. The van der Waals surface area contributed by atoms with Gasteiger partial charge in [-0.1, -0.05) is 19.8 Å². The number of likely N-dealkylation sites (N-methyl/N-ethyl adjacent to an activating group) is 1. The molecule has 0 atom stereocenters. The van der Waals surface area contributed by atoms with Crippen LogP contribution in [-0.4, -0.2) is 37.3 Å². The van der Waals surface area contributed by atoms with Crippen LogP contribution in [0.2, 0.25) is 0 Å². The molecule has 0 spiro atoms. The standard InChI is InChI=1S/C13H26NO/c1-5-9-14(8-4,10-6-2)11-13-15-12-7-3/h5-6,8-11,13H2,1-4H3/q+1. The van der Waals surface area contributed by atoms with Crippen molar-refractivity contribution in [3.8, 4) is 12.0 Å². The van der Waals surface area contributed by atoms with Gasteiger partial charge in [0, 0.05) is 6.92 Å². The van der Waals surface area contributed by atoms with Gasteiger partial charge in [0.15, 0.2) is 0 Å². The number of rotatable bonds is 8. The summed E-state index contributed by atoms with van der Waals surface area (Å²) in [6.07, 6.45) is 5.16. The predicted molar refractivity (Wildman–Crippen MR) is 65.4 cm³/mol. The molecule has 0 heterocycles. The van der Waals surface area contributed by atoms with Gasteiger partial charge in [-0.2, -0.15) is 0 Å². The molecule has 0 bridgehead atoms. The molecule has 0 radical (unpaired) electrons. The van der Waals surface area contributed by atoms with Crippen LogP contribution in [0.5, 0.6) is 0 Å². The third-order valence-electron chi connectivity index (χ3n) is 2.91. The lowest BCUT2D eigenvalue weighted by molar-refractivity contribution is -0.926. The smallest absolute Gasteiger partial charge is 0.149 e.